The van der Waals surface area contributed by atoms with Crippen LogP contribution in [0.15, 0.2) is 47.6 Å². The van der Waals surface area contributed by atoms with Crippen LogP contribution in [0.25, 0.3) is 11.4 Å². The average Bonchev–Trinajstić information content (AvgIpc) is 3.07. The number of aromatic nitrogens is 3. The number of hydrogen-bond donors (Lipinski definition) is 2. The van der Waals surface area contributed by atoms with E-state index in [9.17, 15) is 14.7 Å². The quantitative estimate of drug-likeness (QED) is 0.453. The second kappa shape index (κ2) is 8.78. The lowest BCUT2D eigenvalue weighted by Crippen LogP contribution is -2.09. The van der Waals surface area contributed by atoms with Gasteiger partial charge in [-0.3, -0.25) is 9.59 Å². The Bertz CT molecular complexity index is 1050. The molecule has 2 N–H and O–H groups in total. The number of ketones is 1. The number of Topliss-reactive ketones (excluding diaryl/α,β-unsaturated/α-hetero) is 1. The monoisotopic (exact) mass is 412 g/mol. The molecular weight excluding hydrogens is 392 g/mol. The number of carbonyl (C=O) groups excluding carboxylic acids is 2. The van der Waals surface area contributed by atoms with Gasteiger partial charge in [-0.2, -0.15) is 0 Å². The molecule has 9 heteroatoms. The molecule has 0 saturated carbocycles. The van der Waals surface area contributed by atoms with Crippen molar-refractivity contribution in [3.05, 3.63) is 48.0 Å². The maximum absolute atomic E-state index is 12.6. The molecule has 0 spiro atoms. The Labute approximate surface area is 171 Å². The van der Waals surface area contributed by atoms with E-state index in [-0.39, 0.29) is 23.2 Å². The lowest BCUT2D eigenvalue weighted by atomic mass is 10.1. The summed E-state index contributed by atoms with van der Waals surface area (Å²) in [4.78, 5) is 23.8. The molecule has 1 amide bonds. The standard InChI is InChI=1S/C20H20N4O4S/c1-12(25)21-16-9-6-14(10-18(16)28-3)17(27)11-29-20-23-22-19(24(20)2)13-4-7-15(26)8-5-13/h4-10,26H,11H2,1-3H3,(H,21,25). The van der Waals surface area contributed by atoms with Crippen molar-refractivity contribution in [2.45, 2.75) is 12.1 Å². The fourth-order valence-corrected chi connectivity index (χ4v) is 3.48. The van der Waals surface area contributed by atoms with E-state index in [0.29, 0.717) is 28.0 Å². The molecule has 0 unspecified atom stereocenters. The topological polar surface area (TPSA) is 106 Å². The highest BCUT2D eigenvalue weighted by Gasteiger charge is 2.15. The first-order valence-electron chi connectivity index (χ1n) is 8.69. The predicted molar refractivity (Wildman–Crippen MR) is 110 cm³/mol. The van der Waals surface area contributed by atoms with Gasteiger partial charge in [-0.25, -0.2) is 0 Å². The van der Waals surface area contributed by atoms with E-state index in [1.165, 1.54) is 25.8 Å². The molecule has 0 radical (unpaired) electrons. The number of methoxy groups -OCH3 is 1. The highest BCUT2D eigenvalue weighted by atomic mass is 32.2. The van der Waals surface area contributed by atoms with Crippen LogP contribution in [0.4, 0.5) is 5.69 Å². The Balaban J connectivity index is 1.71. The number of nitrogens with zero attached hydrogens (tertiary/aromatic N) is 3. The third-order valence-electron chi connectivity index (χ3n) is 4.13. The number of phenols is 1. The van der Waals surface area contributed by atoms with Gasteiger partial charge in [0.15, 0.2) is 16.8 Å². The number of phenolic OH excluding ortho intramolecular Hbond substituents is 1. The van der Waals surface area contributed by atoms with Crippen molar-refractivity contribution >= 4 is 29.1 Å². The molecule has 2 aromatic carbocycles. The van der Waals surface area contributed by atoms with E-state index in [1.54, 1.807) is 47.0 Å². The molecule has 3 aromatic rings. The molecule has 29 heavy (non-hydrogen) atoms. The lowest BCUT2D eigenvalue weighted by molar-refractivity contribution is -0.114. The van der Waals surface area contributed by atoms with E-state index in [4.69, 9.17) is 4.74 Å². The van der Waals surface area contributed by atoms with Crippen molar-refractivity contribution in [2.24, 2.45) is 7.05 Å². The summed E-state index contributed by atoms with van der Waals surface area (Å²) in [5.41, 5.74) is 1.80. The van der Waals surface area contributed by atoms with Gasteiger partial charge in [0.2, 0.25) is 5.91 Å². The first-order valence-corrected chi connectivity index (χ1v) is 9.68. The molecule has 3 rings (SSSR count). The van der Waals surface area contributed by atoms with Gasteiger partial charge in [0.05, 0.1) is 18.6 Å². The Morgan fingerprint density at radius 2 is 1.90 bits per heavy atom. The second-order valence-corrected chi connectivity index (χ2v) is 7.16. The van der Waals surface area contributed by atoms with Crippen molar-refractivity contribution in [3.63, 3.8) is 0 Å². The summed E-state index contributed by atoms with van der Waals surface area (Å²) in [5, 5.41) is 21.0. The van der Waals surface area contributed by atoms with Crippen molar-refractivity contribution in [1.82, 2.24) is 14.8 Å². The predicted octanol–water partition coefficient (Wildman–Crippen LogP) is 3.13. The van der Waals surface area contributed by atoms with Crippen molar-refractivity contribution in [3.8, 4) is 22.9 Å². The molecule has 150 valence electrons. The van der Waals surface area contributed by atoms with E-state index in [1.807, 2.05) is 7.05 Å². The van der Waals surface area contributed by atoms with E-state index in [2.05, 4.69) is 15.5 Å². The number of nitrogens with one attached hydrogen (secondary N) is 1. The summed E-state index contributed by atoms with van der Waals surface area (Å²) in [6.45, 7) is 1.41. The molecule has 0 aliphatic rings. The van der Waals surface area contributed by atoms with Crippen molar-refractivity contribution < 1.29 is 19.4 Å². The average molecular weight is 412 g/mol. The highest BCUT2D eigenvalue weighted by Crippen LogP contribution is 2.28. The highest BCUT2D eigenvalue weighted by molar-refractivity contribution is 7.99. The molecule has 1 heterocycles. The van der Waals surface area contributed by atoms with E-state index >= 15 is 0 Å². The zero-order valence-corrected chi connectivity index (χ0v) is 17.0. The van der Waals surface area contributed by atoms with Crippen LogP contribution < -0.4 is 10.1 Å². The fraction of sp³-hybridized carbons (Fsp3) is 0.200. The van der Waals surface area contributed by atoms with Crippen LogP contribution in [0.3, 0.4) is 0 Å². The minimum Gasteiger partial charge on any atom is -0.508 e. The van der Waals surface area contributed by atoms with Crippen LogP contribution in [0.2, 0.25) is 0 Å². The first-order chi connectivity index (χ1) is 13.9. The lowest BCUT2D eigenvalue weighted by Gasteiger charge is -2.10. The van der Waals surface area contributed by atoms with Crippen LogP contribution in [0, 0.1) is 0 Å². The Kier molecular flexibility index (Phi) is 6.18. The van der Waals surface area contributed by atoms with Gasteiger partial charge in [0, 0.05) is 25.1 Å². The number of aromatic hydroxyl groups is 1. The summed E-state index contributed by atoms with van der Waals surface area (Å²) in [6, 6.07) is 11.6. The number of carbonyl (C=O) groups is 2. The van der Waals surface area contributed by atoms with Crippen molar-refractivity contribution in [2.75, 3.05) is 18.2 Å². The van der Waals surface area contributed by atoms with Gasteiger partial charge in [-0.05, 0) is 42.5 Å². The van der Waals surface area contributed by atoms with Crippen LogP contribution in [-0.4, -0.2) is 44.4 Å². The third-order valence-corrected chi connectivity index (χ3v) is 5.15. The number of anilines is 1. The number of thioether (sulfide) groups is 1. The number of benzene rings is 2. The second-order valence-electron chi connectivity index (χ2n) is 6.22. The van der Waals surface area contributed by atoms with E-state index < -0.39 is 0 Å². The van der Waals surface area contributed by atoms with Gasteiger partial charge >= 0.3 is 0 Å². The Morgan fingerprint density at radius 1 is 1.17 bits per heavy atom. The maximum Gasteiger partial charge on any atom is 0.221 e. The molecule has 0 bridgehead atoms. The van der Waals surface area contributed by atoms with Crippen molar-refractivity contribution in [1.29, 1.82) is 0 Å². The minimum atomic E-state index is -0.218. The number of hydrogen-bond acceptors (Lipinski definition) is 7. The van der Waals surface area contributed by atoms with E-state index in [0.717, 1.165) is 5.56 Å². The molecule has 0 atom stereocenters. The molecule has 0 aliphatic heterocycles. The molecule has 0 saturated heterocycles. The molecular formula is C20H20N4O4S. The normalized spacial score (nSPS) is 10.6. The van der Waals surface area contributed by atoms with Gasteiger partial charge in [0.1, 0.15) is 11.5 Å². The molecule has 1 aromatic heterocycles. The zero-order valence-electron chi connectivity index (χ0n) is 16.2. The number of amides is 1. The number of rotatable bonds is 7. The molecule has 0 aliphatic carbocycles. The zero-order chi connectivity index (χ0) is 21.0. The summed E-state index contributed by atoms with van der Waals surface area (Å²) in [6.07, 6.45) is 0. The van der Waals surface area contributed by atoms with Gasteiger partial charge in [-0.1, -0.05) is 11.8 Å². The van der Waals surface area contributed by atoms with Gasteiger partial charge < -0.3 is 19.7 Å². The van der Waals surface area contributed by atoms with Crippen LogP contribution in [0.5, 0.6) is 11.5 Å². The summed E-state index contributed by atoms with van der Waals surface area (Å²) in [5.74, 6) is 1.09. The van der Waals surface area contributed by atoms with Gasteiger partial charge in [-0.15, -0.1) is 10.2 Å². The van der Waals surface area contributed by atoms with Crippen LogP contribution in [0.1, 0.15) is 17.3 Å². The Hall–Kier alpha value is -3.33. The maximum atomic E-state index is 12.6. The first kappa shape index (κ1) is 20.4. The Morgan fingerprint density at radius 3 is 2.55 bits per heavy atom. The summed E-state index contributed by atoms with van der Waals surface area (Å²) >= 11 is 1.28. The number of ether oxygens (including phenoxy) is 1. The molecule has 0 fully saturated rings. The van der Waals surface area contributed by atoms with Crippen LogP contribution in [-0.2, 0) is 11.8 Å². The molecule has 8 nitrogen and oxygen atoms in total. The largest absolute Gasteiger partial charge is 0.508 e. The third kappa shape index (κ3) is 4.75. The van der Waals surface area contributed by atoms with Gasteiger partial charge in [0.25, 0.3) is 0 Å². The van der Waals surface area contributed by atoms with Crippen LogP contribution >= 0.6 is 11.8 Å². The minimum absolute atomic E-state index is 0.100. The SMILES string of the molecule is COc1cc(C(=O)CSc2nnc(-c3ccc(O)cc3)n2C)ccc1NC(C)=O. The fourth-order valence-electron chi connectivity index (χ4n) is 2.67. The smallest absolute Gasteiger partial charge is 0.221 e. The summed E-state index contributed by atoms with van der Waals surface area (Å²) < 4.78 is 7.06. The summed E-state index contributed by atoms with van der Waals surface area (Å²) in [7, 11) is 3.30.